The number of nitrogens with zero attached hydrogens (tertiary/aromatic N) is 1. The molecule has 0 fully saturated rings. The van der Waals surface area contributed by atoms with Gasteiger partial charge in [-0.1, -0.05) is 6.07 Å². The Morgan fingerprint density at radius 1 is 1.14 bits per heavy atom. The topological polar surface area (TPSA) is 68.3 Å². The van der Waals surface area contributed by atoms with Crippen molar-refractivity contribution in [3.8, 4) is 0 Å². The van der Waals surface area contributed by atoms with Gasteiger partial charge in [0.25, 0.3) is 5.91 Å². The van der Waals surface area contributed by atoms with E-state index in [1.165, 1.54) is 7.11 Å². The van der Waals surface area contributed by atoms with Crippen LogP contribution in [0.3, 0.4) is 0 Å². The van der Waals surface area contributed by atoms with E-state index in [1.54, 1.807) is 36.7 Å². The van der Waals surface area contributed by atoms with E-state index < -0.39 is 5.97 Å². The molecule has 0 saturated carbocycles. The molecule has 0 spiro atoms. The largest absolute Gasteiger partial charge is 0.465 e. The quantitative estimate of drug-likeness (QED) is 0.875. The summed E-state index contributed by atoms with van der Waals surface area (Å²) in [5.41, 5.74) is 1.82. The van der Waals surface area contributed by atoms with Crippen LogP contribution in [0, 0.1) is 0 Å². The average Bonchev–Trinajstić information content (AvgIpc) is 2.55. The van der Waals surface area contributed by atoms with Crippen LogP contribution in [0.2, 0.25) is 0 Å². The molecule has 1 aromatic carbocycles. The molecule has 1 heterocycles. The Morgan fingerprint density at radius 3 is 2.38 bits per heavy atom. The fourth-order valence-corrected chi connectivity index (χ4v) is 1.87. The van der Waals surface area contributed by atoms with Gasteiger partial charge in [0.05, 0.1) is 18.7 Å². The van der Waals surface area contributed by atoms with Crippen molar-refractivity contribution < 1.29 is 14.3 Å². The minimum atomic E-state index is -0.425. The lowest BCUT2D eigenvalue weighted by atomic mass is 10.1. The van der Waals surface area contributed by atoms with E-state index >= 15 is 0 Å². The number of methoxy groups -OCH3 is 1. The van der Waals surface area contributed by atoms with Gasteiger partial charge < -0.3 is 10.1 Å². The van der Waals surface area contributed by atoms with Crippen molar-refractivity contribution >= 4 is 11.9 Å². The SMILES string of the molecule is COC(=O)c1ccc(C(=O)NC(C)c2cccnc2)cc1. The first-order valence-corrected chi connectivity index (χ1v) is 6.51. The van der Waals surface area contributed by atoms with E-state index in [1.807, 2.05) is 19.1 Å². The van der Waals surface area contributed by atoms with Crippen molar-refractivity contribution in [1.29, 1.82) is 0 Å². The average molecular weight is 284 g/mol. The van der Waals surface area contributed by atoms with Crippen molar-refractivity contribution in [2.45, 2.75) is 13.0 Å². The predicted octanol–water partition coefficient (Wildman–Crippen LogP) is 2.36. The van der Waals surface area contributed by atoms with E-state index in [2.05, 4.69) is 15.0 Å². The van der Waals surface area contributed by atoms with Crippen LogP contribution in [-0.2, 0) is 4.74 Å². The van der Waals surface area contributed by atoms with E-state index in [0.29, 0.717) is 11.1 Å². The Bertz CT molecular complexity index is 624. The Balaban J connectivity index is 2.05. The Labute approximate surface area is 123 Å². The van der Waals surface area contributed by atoms with E-state index in [-0.39, 0.29) is 11.9 Å². The summed E-state index contributed by atoms with van der Waals surface area (Å²) < 4.78 is 4.61. The molecule has 5 nitrogen and oxygen atoms in total. The van der Waals surface area contributed by atoms with Crippen LogP contribution in [0.15, 0.2) is 48.8 Å². The lowest BCUT2D eigenvalue weighted by molar-refractivity contribution is 0.0600. The number of carbonyl (C=O) groups is 2. The maximum absolute atomic E-state index is 12.1. The molecule has 0 aliphatic rings. The van der Waals surface area contributed by atoms with Gasteiger partial charge in [-0.3, -0.25) is 9.78 Å². The number of esters is 1. The van der Waals surface area contributed by atoms with E-state index in [0.717, 1.165) is 5.56 Å². The molecule has 1 aromatic heterocycles. The molecular weight excluding hydrogens is 268 g/mol. The monoisotopic (exact) mass is 284 g/mol. The van der Waals surface area contributed by atoms with Crippen molar-refractivity contribution in [2.24, 2.45) is 0 Å². The van der Waals surface area contributed by atoms with Crippen LogP contribution in [0.25, 0.3) is 0 Å². The van der Waals surface area contributed by atoms with Gasteiger partial charge in [0, 0.05) is 18.0 Å². The lowest BCUT2D eigenvalue weighted by Crippen LogP contribution is -2.26. The summed E-state index contributed by atoms with van der Waals surface area (Å²) in [6.07, 6.45) is 3.40. The van der Waals surface area contributed by atoms with Gasteiger partial charge in [0.1, 0.15) is 0 Å². The first-order valence-electron chi connectivity index (χ1n) is 6.51. The molecule has 5 heteroatoms. The van der Waals surface area contributed by atoms with Crippen molar-refractivity contribution in [3.05, 3.63) is 65.5 Å². The zero-order valence-electron chi connectivity index (χ0n) is 11.9. The van der Waals surface area contributed by atoms with E-state index in [4.69, 9.17) is 0 Å². The molecular formula is C16H16N2O3. The van der Waals surface area contributed by atoms with Gasteiger partial charge in [-0.25, -0.2) is 4.79 Å². The maximum Gasteiger partial charge on any atom is 0.337 e. The summed E-state index contributed by atoms with van der Waals surface area (Å²) in [4.78, 5) is 27.5. The zero-order chi connectivity index (χ0) is 15.2. The van der Waals surface area contributed by atoms with Gasteiger partial charge in [-0.15, -0.1) is 0 Å². The number of nitrogens with one attached hydrogen (secondary N) is 1. The number of rotatable bonds is 4. The second-order valence-electron chi connectivity index (χ2n) is 4.55. The lowest BCUT2D eigenvalue weighted by Gasteiger charge is -2.14. The summed E-state index contributed by atoms with van der Waals surface area (Å²) >= 11 is 0. The third-order valence-corrected chi connectivity index (χ3v) is 3.10. The van der Waals surface area contributed by atoms with Gasteiger partial charge >= 0.3 is 5.97 Å². The maximum atomic E-state index is 12.1. The Hall–Kier alpha value is -2.69. The number of aromatic nitrogens is 1. The molecule has 0 saturated heterocycles. The highest BCUT2D eigenvalue weighted by molar-refractivity contribution is 5.96. The summed E-state index contributed by atoms with van der Waals surface area (Å²) in [6, 6.07) is 9.90. The van der Waals surface area contributed by atoms with Crippen LogP contribution in [-0.4, -0.2) is 24.0 Å². The van der Waals surface area contributed by atoms with E-state index in [9.17, 15) is 9.59 Å². The summed E-state index contributed by atoms with van der Waals surface area (Å²) in [5.74, 6) is -0.631. The molecule has 1 amide bonds. The number of amides is 1. The molecule has 2 rings (SSSR count). The Kier molecular flexibility index (Phi) is 4.66. The first-order chi connectivity index (χ1) is 10.1. The summed E-state index contributed by atoms with van der Waals surface area (Å²) in [6.45, 7) is 1.89. The zero-order valence-corrected chi connectivity index (χ0v) is 11.9. The number of ether oxygens (including phenoxy) is 1. The normalized spacial score (nSPS) is 11.5. The number of pyridine rings is 1. The molecule has 0 radical (unpaired) electrons. The number of hydrogen-bond acceptors (Lipinski definition) is 4. The highest BCUT2D eigenvalue weighted by Crippen LogP contribution is 2.12. The minimum Gasteiger partial charge on any atom is -0.465 e. The third kappa shape index (κ3) is 3.66. The van der Waals surface area contributed by atoms with Crippen LogP contribution in [0.1, 0.15) is 39.2 Å². The van der Waals surface area contributed by atoms with Crippen LogP contribution >= 0.6 is 0 Å². The number of benzene rings is 1. The van der Waals surface area contributed by atoms with Crippen LogP contribution in [0.4, 0.5) is 0 Å². The van der Waals surface area contributed by atoms with Gasteiger partial charge in [0.15, 0.2) is 0 Å². The number of hydrogen-bond donors (Lipinski definition) is 1. The van der Waals surface area contributed by atoms with Gasteiger partial charge in [0.2, 0.25) is 0 Å². The predicted molar refractivity (Wildman–Crippen MR) is 77.9 cm³/mol. The third-order valence-electron chi connectivity index (χ3n) is 3.10. The smallest absolute Gasteiger partial charge is 0.337 e. The molecule has 21 heavy (non-hydrogen) atoms. The molecule has 1 N–H and O–H groups in total. The molecule has 0 aliphatic heterocycles. The van der Waals surface area contributed by atoms with Gasteiger partial charge in [-0.05, 0) is 42.8 Å². The first kappa shape index (κ1) is 14.7. The summed E-state index contributed by atoms with van der Waals surface area (Å²) in [7, 11) is 1.32. The molecule has 108 valence electrons. The highest BCUT2D eigenvalue weighted by atomic mass is 16.5. The van der Waals surface area contributed by atoms with Crippen molar-refractivity contribution in [2.75, 3.05) is 7.11 Å². The molecule has 1 atom stereocenters. The molecule has 2 aromatic rings. The second-order valence-corrected chi connectivity index (χ2v) is 4.55. The van der Waals surface area contributed by atoms with Crippen LogP contribution < -0.4 is 5.32 Å². The van der Waals surface area contributed by atoms with Crippen molar-refractivity contribution in [3.63, 3.8) is 0 Å². The fourth-order valence-electron chi connectivity index (χ4n) is 1.87. The standard InChI is InChI=1S/C16H16N2O3/c1-11(14-4-3-9-17-10-14)18-15(19)12-5-7-13(8-6-12)16(20)21-2/h3-11H,1-2H3,(H,18,19). The summed E-state index contributed by atoms with van der Waals surface area (Å²) in [5, 5.41) is 2.88. The minimum absolute atomic E-state index is 0.147. The number of carbonyl (C=O) groups excluding carboxylic acids is 2. The van der Waals surface area contributed by atoms with Crippen LogP contribution in [0.5, 0.6) is 0 Å². The van der Waals surface area contributed by atoms with Gasteiger partial charge in [-0.2, -0.15) is 0 Å². The Morgan fingerprint density at radius 2 is 1.81 bits per heavy atom. The molecule has 0 bridgehead atoms. The van der Waals surface area contributed by atoms with Crippen molar-refractivity contribution in [1.82, 2.24) is 10.3 Å². The highest BCUT2D eigenvalue weighted by Gasteiger charge is 2.12. The molecule has 0 aliphatic carbocycles. The second kappa shape index (κ2) is 6.65. The molecule has 1 unspecified atom stereocenters. The fraction of sp³-hybridized carbons (Fsp3) is 0.188.